The Hall–Kier alpha value is -2.64. The van der Waals surface area contributed by atoms with Crippen LogP contribution in [0.4, 0.5) is 0 Å². The number of nitrogens with zero attached hydrogens (tertiary/aromatic N) is 3. The highest BCUT2D eigenvalue weighted by molar-refractivity contribution is 5.85. The van der Waals surface area contributed by atoms with Gasteiger partial charge in [0.1, 0.15) is 6.54 Å². The number of fused-ring (bicyclic) bond motifs is 1. The fraction of sp³-hybridized carbons (Fsp3) is 0.381. The van der Waals surface area contributed by atoms with Crippen LogP contribution in [0.2, 0.25) is 0 Å². The quantitative estimate of drug-likeness (QED) is 0.669. The lowest BCUT2D eigenvalue weighted by atomic mass is 10.1. The number of carbonyl (C=O) groups excluding carboxylic acids is 1. The molecule has 1 amide bonds. The topological polar surface area (TPSA) is 83.0 Å². The standard InChI is InChI=1S/C21H25N5O2.ClH/c27-20(15-26-19-9-2-1-8-18(19)24-21(26)28)25(14-16-6-3-4-12-23-16)17-7-5-11-22-13-10-17;/h1-4,6,8-9,12,17,22H,5,7,10-11,13-15H2,(H,24,28);1H. The van der Waals surface area contributed by atoms with Crippen molar-refractivity contribution in [1.82, 2.24) is 24.8 Å². The van der Waals surface area contributed by atoms with E-state index >= 15 is 0 Å². The summed E-state index contributed by atoms with van der Waals surface area (Å²) in [7, 11) is 0. The van der Waals surface area contributed by atoms with E-state index in [1.807, 2.05) is 47.4 Å². The molecule has 1 fully saturated rings. The van der Waals surface area contributed by atoms with E-state index in [4.69, 9.17) is 0 Å². The minimum Gasteiger partial charge on any atom is -0.332 e. The number of H-pyrrole nitrogens is 1. The first-order valence-corrected chi connectivity index (χ1v) is 9.80. The van der Waals surface area contributed by atoms with E-state index in [0.29, 0.717) is 6.54 Å². The molecule has 0 aliphatic carbocycles. The summed E-state index contributed by atoms with van der Waals surface area (Å²) in [6, 6.07) is 13.3. The molecule has 3 aromatic rings. The van der Waals surface area contributed by atoms with E-state index in [0.717, 1.165) is 49.1 Å². The summed E-state index contributed by atoms with van der Waals surface area (Å²) in [6.45, 7) is 2.36. The Morgan fingerprint density at radius 2 is 1.97 bits per heavy atom. The Labute approximate surface area is 175 Å². The molecule has 8 heteroatoms. The maximum atomic E-state index is 13.3. The lowest BCUT2D eigenvalue weighted by molar-refractivity contribution is -0.135. The van der Waals surface area contributed by atoms with Gasteiger partial charge < -0.3 is 15.2 Å². The van der Waals surface area contributed by atoms with Crippen molar-refractivity contribution < 1.29 is 4.79 Å². The summed E-state index contributed by atoms with van der Waals surface area (Å²) in [5.41, 5.74) is 2.10. The summed E-state index contributed by atoms with van der Waals surface area (Å²) >= 11 is 0. The van der Waals surface area contributed by atoms with Crippen LogP contribution in [0, 0.1) is 0 Å². The lowest BCUT2D eigenvalue weighted by Gasteiger charge is -2.31. The molecule has 4 rings (SSSR count). The Morgan fingerprint density at radius 3 is 2.79 bits per heavy atom. The zero-order valence-electron chi connectivity index (χ0n) is 16.2. The molecule has 0 saturated carbocycles. The smallest absolute Gasteiger partial charge is 0.326 e. The van der Waals surface area contributed by atoms with Gasteiger partial charge in [-0.25, -0.2) is 4.79 Å². The highest BCUT2D eigenvalue weighted by atomic mass is 35.5. The second-order valence-corrected chi connectivity index (χ2v) is 7.21. The third-order valence-corrected chi connectivity index (χ3v) is 5.34. The summed E-state index contributed by atoms with van der Waals surface area (Å²) < 4.78 is 1.53. The molecule has 2 aromatic heterocycles. The third kappa shape index (κ3) is 4.86. The van der Waals surface area contributed by atoms with Crippen LogP contribution in [0.3, 0.4) is 0 Å². The van der Waals surface area contributed by atoms with Crippen LogP contribution in [0.5, 0.6) is 0 Å². The first-order valence-electron chi connectivity index (χ1n) is 9.80. The maximum Gasteiger partial charge on any atom is 0.326 e. The number of aromatic nitrogens is 3. The molecule has 0 bridgehead atoms. The van der Waals surface area contributed by atoms with Crippen LogP contribution in [-0.4, -0.2) is 44.5 Å². The zero-order chi connectivity index (χ0) is 19.3. The molecule has 1 unspecified atom stereocenters. The number of benzene rings is 1. The normalized spacial score (nSPS) is 16.8. The molecule has 1 aliphatic heterocycles. The minimum absolute atomic E-state index is 0. The largest absolute Gasteiger partial charge is 0.332 e. The number of para-hydroxylation sites is 2. The van der Waals surface area contributed by atoms with Crippen LogP contribution < -0.4 is 11.0 Å². The highest BCUT2D eigenvalue weighted by Crippen LogP contribution is 2.18. The predicted molar refractivity (Wildman–Crippen MR) is 115 cm³/mol. The molecule has 3 heterocycles. The summed E-state index contributed by atoms with van der Waals surface area (Å²) in [4.78, 5) is 34.9. The molecular weight excluding hydrogens is 390 g/mol. The van der Waals surface area contributed by atoms with Gasteiger partial charge in [-0.15, -0.1) is 12.4 Å². The van der Waals surface area contributed by atoms with Gasteiger partial charge in [0, 0.05) is 12.2 Å². The van der Waals surface area contributed by atoms with Gasteiger partial charge in [0.05, 0.1) is 23.3 Å². The highest BCUT2D eigenvalue weighted by Gasteiger charge is 2.26. The summed E-state index contributed by atoms with van der Waals surface area (Å²) in [5, 5.41) is 3.40. The lowest BCUT2D eigenvalue weighted by Crippen LogP contribution is -2.43. The van der Waals surface area contributed by atoms with Gasteiger partial charge in [-0.3, -0.25) is 14.3 Å². The molecule has 0 radical (unpaired) electrons. The molecule has 2 N–H and O–H groups in total. The number of imidazole rings is 1. The number of hydrogen-bond donors (Lipinski definition) is 2. The SMILES string of the molecule is Cl.O=C(Cn1c(=O)[nH]c2ccccc21)N(Cc1ccccn1)C1CCCNCC1. The second kappa shape index (κ2) is 9.71. The van der Waals surface area contributed by atoms with E-state index in [1.54, 1.807) is 6.20 Å². The second-order valence-electron chi connectivity index (χ2n) is 7.21. The van der Waals surface area contributed by atoms with Crippen molar-refractivity contribution in [3.63, 3.8) is 0 Å². The number of halogens is 1. The van der Waals surface area contributed by atoms with Gasteiger partial charge in [-0.1, -0.05) is 18.2 Å². The van der Waals surface area contributed by atoms with Crippen LogP contribution in [0.25, 0.3) is 11.0 Å². The predicted octanol–water partition coefficient (Wildman–Crippen LogP) is 2.32. The molecule has 29 heavy (non-hydrogen) atoms. The first-order chi connectivity index (χ1) is 13.7. The van der Waals surface area contributed by atoms with Crippen molar-refractivity contribution >= 4 is 29.3 Å². The number of nitrogens with one attached hydrogen (secondary N) is 2. The molecule has 154 valence electrons. The van der Waals surface area contributed by atoms with E-state index in [9.17, 15) is 9.59 Å². The van der Waals surface area contributed by atoms with E-state index < -0.39 is 0 Å². The Bertz CT molecular complexity index is 993. The van der Waals surface area contributed by atoms with E-state index in [1.165, 1.54) is 4.57 Å². The van der Waals surface area contributed by atoms with Crippen molar-refractivity contribution in [2.45, 2.75) is 38.4 Å². The summed E-state index contributed by atoms with van der Waals surface area (Å²) in [6.07, 6.45) is 4.64. The monoisotopic (exact) mass is 415 g/mol. The maximum absolute atomic E-state index is 13.3. The molecule has 1 saturated heterocycles. The minimum atomic E-state index is -0.255. The number of pyridine rings is 1. The summed E-state index contributed by atoms with van der Waals surface area (Å²) in [5.74, 6) is -0.0515. The van der Waals surface area contributed by atoms with Crippen molar-refractivity contribution in [1.29, 1.82) is 0 Å². The average Bonchev–Trinajstić information content (AvgIpc) is 2.89. The molecule has 1 aliphatic rings. The van der Waals surface area contributed by atoms with Crippen LogP contribution in [0.15, 0.2) is 53.5 Å². The first kappa shape index (κ1) is 21.1. The Morgan fingerprint density at radius 1 is 1.14 bits per heavy atom. The van der Waals surface area contributed by atoms with Gasteiger partial charge in [0.25, 0.3) is 0 Å². The van der Waals surface area contributed by atoms with Crippen molar-refractivity contribution in [3.8, 4) is 0 Å². The molecule has 0 spiro atoms. The number of carbonyl (C=O) groups is 1. The molecular formula is C21H26ClN5O2. The fourth-order valence-electron chi connectivity index (χ4n) is 3.89. The van der Waals surface area contributed by atoms with Crippen molar-refractivity contribution in [2.24, 2.45) is 0 Å². The molecule has 1 atom stereocenters. The van der Waals surface area contributed by atoms with E-state index in [2.05, 4.69) is 15.3 Å². The zero-order valence-corrected chi connectivity index (χ0v) is 17.0. The van der Waals surface area contributed by atoms with Gasteiger partial charge in [-0.2, -0.15) is 0 Å². The molecule has 7 nitrogen and oxygen atoms in total. The van der Waals surface area contributed by atoms with Crippen LogP contribution in [0.1, 0.15) is 25.0 Å². The van der Waals surface area contributed by atoms with Crippen LogP contribution in [-0.2, 0) is 17.9 Å². The third-order valence-electron chi connectivity index (χ3n) is 5.34. The Kier molecular flexibility index (Phi) is 7.06. The van der Waals surface area contributed by atoms with Gasteiger partial charge in [0.15, 0.2) is 0 Å². The van der Waals surface area contributed by atoms with Gasteiger partial charge in [0.2, 0.25) is 5.91 Å². The average molecular weight is 416 g/mol. The number of aromatic amines is 1. The number of hydrogen-bond acceptors (Lipinski definition) is 4. The number of rotatable bonds is 5. The Balaban J connectivity index is 0.00000240. The van der Waals surface area contributed by atoms with Gasteiger partial charge >= 0.3 is 5.69 Å². The fourth-order valence-corrected chi connectivity index (χ4v) is 3.89. The van der Waals surface area contributed by atoms with Crippen molar-refractivity contribution in [2.75, 3.05) is 13.1 Å². The van der Waals surface area contributed by atoms with Crippen molar-refractivity contribution in [3.05, 3.63) is 64.8 Å². The van der Waals surface area contributed by atoms with Gasteiger partial charge in [-0.05, 0) is 56.6 Å². The van der Waals surface area contributed by atoms with Crippen LogP contribution >= 0.6 is 12.4 Å². The molecule has 1 aromatic carbocycles. The van der Waals surface area contributed by atoms with E-state index in [-0.39, 0.29) is 36.6 Å². The number of amides is 1.